The van der Waals surface area contributed by atoms with Crippen molar-refractivity contribution in [3.8, 4) is 0 Å². The summed E-state index contributed by atoms with van der Waals surface area (Å²) in [5, 5.41) is 0. The predicted octanol–water partition coefficient (Wildman–Crippen LogP) is 1.49. The van der Waals surface area contributed by atoms with Crippen LogP contribution in [0.15, 0.2) is 12.5 Å². The van der Waals surface area contributed by atoms with Crippen LogP contribution in [0.25, 0.3) is 0 Å². The van der Waals surface area contributed by atoms with Gasteiger partial charge in [-0.25, -0.2) is 4.98 Å². The summed E-state index contributed by atoms with van der Waals surface area (Å²) in [6.07, 6.45) is 10.0. The number of rotatable bonds is 3. The highest BCUT2D eigenvalue weighted by Gasteiger charge is 2.33. The molecule has 1 amide bonds. The molecule has 2 unspecified atom stereocenters. The number of hydrogen-bond acceptors (Lipinski definition) is 3. The molecule has 20 heavy (non-hydrogen) atoms. The minimum Gasteiger partial charge on any atom is -0.337 e. The van der Waals surface area contributed by atoms with Crippen molar-refractivity contribution in [3.05, 3.63) is 18.2 Å². The van der Waals surface area contributed by atoms with Crippen molar-refractivity contribution < 1.29 is 4.79 Å². The summed E-state index contributed by atoms with van der Waals surface area (Å²) in [5.41, 5.74) is 6.08. The molecule has 2 N–H and O–H groups in total. The average Bonchev–Trinajstić information content (AvgIpc) is 2.95. The Hall–Kier alpha value is -1.36. The van der Waals surface area contributed by atoms with Gasteiger partial charge >= 0.3 is 0 Å². The van der Waals surface area contributed by atoms with E-state index in [1.165, 1.54) is 32.1 Å². The maximum absolute atomic E-state index is 12.5. The highest BCUT2D eigenvalue weighted by Crippen LogP contribution is 2.36. The fourth-order valence-corrected chi connectivity index (χ4v) is 3.69. The van der Waals surface area contributed by atoms with Crippen molar-refractivity contribution in [2.24, 2.45) is 17.6 Å². The van der Waals surface area contributed by atoms with E-state index in [1.54, 1.807) is 6.33 Å². The van der Waals surface area contributed by atoms with E-state index in [9.17, 15) is 4.79 Å². The van der Waals surface area contributed by atoms with E-state index < -0.39 is 0 Å². The second-order valence-corrected chi connectivity index (χ2v) is 6.13. The van der Waals surface area contributed by atoms with Crippen molar-refractivity contribution in [1.82, 2.24) is 14.5 Å². The van der Waals surface area contributed by atoms with E-state index in [-0.39, 0.29) is 5.91 Å². The van der Waals surface area contributed by atoms with Gasteiger partial charge in [0, 0.05) is 32.4 Å². The van der Waals surface area contributed by atoms with Gasteiger partial charge in [-0.05, 0) is 24.7 Å². The summed E-state index contributed by atoms with van der Waals surface area (Å²) in [6, 6.07) is 0. The van der Waals surface area contributed by atoms with Crippen molar-refractivity contribution in [3.63, 3.8) is 0 Å². The smallest absolute Gasteiger partial charge is 0.274 e. The molecule has 2 atom stereocenters. The van der Waals surface area contributed by atoms with Crippen molar-refractivity contribution in [2.75, 3.05) is 19.6 Å². The molecule has 0 bridgehead atoms. The first kappa shape index (κ1) is 13.6. The van der Waals surface area contributed by atoms with Crippen LogP contribution in [-0.4, -0.2) is 40.0 Å². The van der Waals surface area contributed by atoms with Crippen LogP contribution in [0.2, 0.25) is 0 Å². The average molecular weight is 276 g/mol. The third-order valence-electron chi connectivity index (χ3n) is 4.82. The number of likely N-dealkylation sites (tertiary alicyclic amines) is 1. The van der Waals surface area contributed by atoms with Crippen LogP contribution in [0.3, 0.4) is 0 Å². The number of nitrogens with two attached hydrogens (primary N) is 1. The van der Waals surface area contributed by atoms with Gasteiger partial charge in [-0.15, -0.1) is 0 Å². The molecule has 0 spiro atoms. The Morgan fingerprint density at radius 2 is 2.10 bits per heavy atom. The zero-order valence-electron chi connectivity index (χ0n) is 12.0. The number of aromatic nitrogens is 2. The molecular formula is C15H24N4O. The molecular weight excluding hydrogens is 252 g/mol. The molecule has 3 rings (SSSR count). The molecule has 1 aromatic rings. The number of carbonyl (C=O) groups excluding carboxylic acids is 1. The van der Waals surface area contributed by atoms with E-state index in [0.29, 0.717) is 24.7 Å². The molecule has 2 heterocycles. The Kier molecular flexibility index (Phi) is 4.05. The normalized spacial score (nSPS) is 26.4. The Labute approximate surface area is 120 Å². The molecule has 1 aliphatic heterocycles. The van der Waals surface area contributed by atoms with Gasteiger partial charge in [-0.1, -0.05) is 19.3 Å². The summed E-state index contributed by atoms with van der Waals surface area (Å²) >= 11 is 0. The number of amides is 1. The van der Waals surface area contributed by atoms with Gasteiger partial charge in [0.1, 0.15) is 5.69 Å². The van der Waals surface area contributed by atoms with Gasteiger partial charge in [0.05, 0.1) is 6.33 Å². The minimum atomic E-state index is 0.0878. The number of nitrogens with zero attached hydrogens (tertiary/aromatic N) is 3. The molecule has 2 fully saturated rings. The summed E-state index contributed by atoms with van der Waals surface area (Å²) in [5.74, 6) is 1.65. The predicted molar refractivity (Wildman–Crippen MR) is 77.2 cm³/mol. The molecule has 0 aromatic carbocycles. The molecule has 5 nitrogen and oxygen atoms in total. The maximum atomic E-state index is 12.5. The molecule has 5 heteroatoms. The first-order chi connectivity index (χ1) is 9.78. The zero-order valence-corrected chi connectivity index (χ0v) is 12.0. The molecule has 2 aliphatic rings. The fraction of sp³-hybridized carbons (Fsp3) is 0.733. The number of imidazole rings is 1. The van der Waals surface area contributed by atoms with Gasteiger partial charge in [0.15, 0.2) is 0 Å². The molecule has 1 aliphatic carbocycles. The van der Waals surface area contributed by atoms with Gasteiger partial charge in [0.25, 0.3) is 5.91 Å². The Morgan fingerprint density at radius 3 is 2.90 bits per heavy atom. The third kappa shape index (κ3) is 2.73. The van der Waals surface area contributed by atoms with E-state index in [1.807, 2.05) is 15.7 Å². The number of fused-ring (bicyclic) bond motifs is 1. The second kappa shape index (κ2) is 5.95. The highest BCUT2D eigenvalue weighted by atomic mass is 16.2. The van der Waals surface area contributed by atoms with Crippen LogP contribution in [0.4, 0.5) is 0 Å². The number of carbonyl (C=O) groups is 1. The van der Waals surface area contributed by atoms with Gasteiger partial charge in [-0.2, -0.15) is 0 Å². The first-order valence-electron chi connectivity index (χ1n) is 7.79. The Bertz CT molecular complexity index is 470. The zero-order chi connectivity index (χ0) is 13.9. The summed E-state index contributed by atoms with van der Waals surface area (Å²) in [7, 11) is 0. The quantitative estimate of drug-likeness (QED) is 0.910. The SMILES string of the molecule is NCCn1cnc(C(=O)N2CCC3CCCCC3C2)c1. The van der Waals surface area contributed by atoms with Gasteiger partial charge in [-0.3, -0.25) is 4.79 Å². The van der Waals surface area contributed by atoms with Crippen molar-refractivity contribution in [1.29, 1.82) is 0 Å². The van der Waals surface area contributed by atoms with Crippen LogP contribution in [0, 0.1) is 11.8 Å². The Balaban J connectivity index is 1.64. The number of hydrogen-bond donors (Lipinski definition) is 1. The lowest BCUT2D eigenvalue weighted by molar-refractivity contribution is 0.0516. The molecule has 1 saturated heterocycles. The first-order valence-corrected chi connectivity index (χ1v) is 7.79. The standard InChI is InChI=1S/C15H24N4O/c16-6-8-18-10-14(17-11-18)15(20)19-7-5-12-3-1-2-4-13(12)9-19/h10-13H,1-9,16H2. The molecule has 0 radical (unpaired) electrons. The van der Waals surface area contributed by atoms with Crippen molar-refractivity contribution >= 4 is 5.91 Å². The Morgan fingerprint density at radius 1 is 1.30 bits per heavy atom. The monoisotopic (exact) mass is 276 g/mol. The van der Waals surface area contributed by atoms with E-state index in [0.717, 1.165) is 19.0 Å². The minimum absolute atomic E-state index is 0.0878. The molecule has 110 valence electrons. The lowest BCUT2D eigenvalue weighted by Gasteiger charge is -2.41. The van der Waals surface area contributed by atoms with Gasteiger partial charge in [0.2, 0.25) is 0 Å². The maximum Gasteiger partial charge on any atom is 0.274 e. The van der Waals surface area contributed by atoms with Crippen LogP contribution >= 0.6 is 0 Å². The summed E-state index contributed by atoms with van der Waals surface area (Å²) in [4.78, 5) is 18.7. The van der Waals surface area contributed by atoms with Crippen LogP contribution in [0.5, 0.6) is 0 Å². The van der Waals surface area contributed by atoms with E-state index in [2.05, 4.69) is 4.98 Å². The van der Waals surface area contributed by atoms with Crippen molar-refractivity contribution in [2.45, 2.75) is 38.6 Å². The molecule has 1 aromatic heterocycles. The topological polar surface area (TPSA) is 64.2 Å². The highest BCUT2D eigenvalue weighted by molar-refractivity contribution is 5.92. The van der Waals surface area contributed by atoms with Crippen LogP contribution in [-0.2, 0) is 6.54 Å². The number of piperidine rings is 1. The van der Waals surface area contributed by atoms with Crippen LogP contribution in [0.1, 0.15) is 42.6 Å². The second-order valence-electron chi connectivity index (χ2n) is 6.13. The van der Waals surface area contributed by atoms with Gasteiger partial charge < -0.3 is 15.2 Å². The lowest BCUT2D eigenvalue weighted by Crippen LogP contribution is -2.44. The lowest BCUT2D eigenvalue weighted by atomic mass is 9.75. The summed E-state index contributed by atoms with van der Waals surface area (Å²) in [6.45, 7) is 3.10. The largest absolute Gasteiger partial charge is 0.337 e. The van der Waals surface area contributed by atoms with Crippen LogP contribution < -0.4 is 5.73 Å². The van der Waals surface area contributed by atoms with E-state index in [4.69, 9.17) is 5.73 Å². The fourth-order valence-electron chi connectivity index (χ4n) is 3.69. The molecule has 1 saturated carbocycles. The van der Waals surface area contributed by atoms with E-state index >= 15 is 0 Å². The third-order valence-corrected chi connectivity index (χ3v) is 4.82. The summed E-state index contributed by atoms with van der Waals surface area (Å²) < 4.78 is 1.89.